The van der Waals surface area contributed by atoms with Gasteiger partial charge >= 0.3 is 5.97 Å². The highest BCUT2D eigenvalue weighted by atomic mass is 16.7. The minimum absolute atomic E-state index is 0.296. The fraction of sp³-hybridized carbons (Fsp3) is 0.417. The fourth-order valence-electron chi connectivity index (χ4n) is 1.31. The van der Waals surface area contributed by atoms with Gasteiger partial charge in [-0.2, -0.15) is 0 Å². The Balaban J connectivity index is 2.53. The Morgan fingerprint density at radius 1 is 1.18 bits per heavy atom. The molecule has 0 fully saturated rings. The van der Waals surface area contributed by atoms with E-state index < -0.39 is 0 Å². The van der Waals surface area contributed by atoms with Gasteiger partial charge in [0.2, 0.25) is 0 Å². The third-order valence-corrected chi connectivity index (χ3v) is 2.30. The van der Waals surface area contributed by atoms with E-state index in [0.29, 0.717) is 12.1 Å². The summed E-state index contributed by atoms with van der Waals surface area (Å²) in [4.78, 5) is 11.2. The van der Waals surface area contributed by atoms with Crippen molar-refractivity contribution >= 4 is 11.7 Å². The second-order valence-electron chi connectivity index (χ2n) is 3.35. The van der Waals surface area contributed by atoms with Crippen molar-refractivity contribution in [2.45, 2.75) is 6.29 Å². The number of hydrogen-bond donors (Lipinski definition) is 1. The molecule has 0 spiro atoms. The number of esters is 1. The number of anilines is 1. The topological polar surface area (TPSA) is 56.8 Å². The van der Waals surface area contributed by atoms with Crippen LogP contribution in [0.4, 0.5) is 5.69 Å². The molecule has 17 heavy (non-hydrogen) atoms. The predicted octanol–water partition coefficient (Wildman–Crippen LogP) is 1.50. The molecule has 1 rings (SSSR count). The van der Waals surface area contributed by atoms with Crippen LogP contribution in [0.25, 0.3) is 0 Å². The smallest absolute Gasteiger partial charge is 0.337 e. The summed E-state index contributed by atoms with van der Waals surface area (Å²) < 4.78 is 14.7. The van der Waals surface area contributed by atoms with E-state index in [9.17, 15) is 4.79 Å². The number of hydrogen-bond acceptors (Lipinski definition) is 5. The van der Waals surface area contributed by atoms with Crippen molar-refractivity contribution in [1.82, 2.24) is 0 Å². The molecule has 0 aliphatic heterocycles. The van der Waals surface area contributed by atoms with Crippen molar-refractivity contribution in [3.8, 4) is 0 Å². The largest absolute Gasteiger partial charge is 0.465 e. The molecule has 0 radical (unpaired) electrons. The lowest BCUT2D eigenvalue weighted by Gasteiger charge is -2.14. The molecule has 0 bridgehead atoms. The monoisotopic (exact) mass is 239 g/mol. The molecule has 0 unspecified atom stereocenters. The van der Waals surface area contributed by atoms with Gasteiger partial charge in [-0.3, -0.25) is 0 Å². The summed E-state index contributed by atoms with van der Waals surface area (Å²) in [6.07, 6.45) is -0.296. The van der Waals surface area contributed by atoms with Gasteiger partial charge in [0.05, 0.1) is 19.2 Å². The SMILES string of the molecule is COC(=O)c1ccc(NCC(OC)OC)cc1. The lowest BCUT2D eigenvalue weighted by molar-refractivity contribution is -0.0914. The van der Waals surface area contributed by atoms with Crippen LogP contribution in [0.15, 0.2) is 24.3 Å². The van der Waals surface area contributed by atoms with Crippen molar-refractivity contribution in [2.75, 3.05) is 33.2 Å². The van der Waals surface area contributed by atoms with Gasteiger partial charge in [-0.05, 0) is 24.3 Å². The zero-order chi connectivity index (χ0) is 12.7. The van der Waals surface area contributed by atoms with E-state index in [1.165, 1.54) is 7.11 Å². The van der Waals surface area contributed by atoms with Gasteiger partial charge in [-0.15, -0.1) is 0 Å². The van der Waals surface area contributed by atoms with Crippen molar-refractivity contribution in [3.05, 3.63) is 29.8 Å². The maximum Gasteiger partial charge on any atom is 0.337 e. The van der Waals surface area contributed by atoms with Crippen LogP contribution in [0.1, 0.15) is 10.4 Å². The summed E-state index contributed by atoms with van der Waals surface area (Å²) >= 11 is 0. The van der Waals surface area contributed by atoms with Crippen molar-refractivity contribution in [1.29, 1.82) is 0 Å². The number of methoxy groups -OCH3 is 3. The summed E-state index contributed by atoms with van der Waals surface area (Å²) in [6, 6.07) is 6.99. The van der Waals surface area contributed by atoms with Gasteiger partial charge in [0.1, 0.15) is 0 Å². The lowest BCUT2D eigenvalue weighted by Crippen LogP contribution is -2.23. The number of nitrogens with one attached hydrogen (secondary N) is 1. The first kappa shape index (κ1) is 13.5. The van der Waals surface area contributed by atoms with E-state index in [1.54, 1.807) is 38.5 Å². The average Bonchev–Trinajstić information content (AvgIpc) is 2.39. The molecule has 5 heteroatoms. The van der Waals surface area contributed by atoms with Crippen molar-refractivity contribution in [3.63, 3.8) is 0 Å². The van der Waals surface area contributed by atoms with Crippen LogP contribution in [0.3, 0.4) is 0 Å². The summed E-state index contributed by atoms with van der Waals surface area (Å²) in [5, 5.41) is 3.13. The molecule has 1 N–H and O–H groups in total. The molecule has 1 aromatic carbocycles. The molecule has 0 saturated heterocycles. The molecule has 0 amide bonds. The summed E-state index contributed by atoms with van der Waals surface area (Å²) in [5.41, 5.74) is 1.41. The van der Waals surface area contributed by atoms with Crippen molar-refractivity contribution < 1.29 is 19.0 Å². The van der Waals surface area contributed by atoms with Gasteiger partial charge < -0.3 is 19.5 Å². The highest BCUT2D eigenvalue weighted by Crippen LogP contribution is 2.10. The molecule has 94 valence electrons. The number of rotatable bonds is 6. The predicted molar refractivity (Wildman–Crippen MR) is 64.1 cm³/mol. The zero-order valence-electron chi connectivity index (χ0n) is 10.2. The molecule has 5 nitrogen and oxygen atoms in total. The Labute approximate surface area is 101 Å². The molecule has 0 aliphatic rings. The summed E-state index contributed by atoms with van der Waals surface area (Å²) in [7, 11) is 4.52. The Hall–Kier alpha value is -1.59. The van der Waals surface area contributed by atoms with Crippen LogP contribution < -0.4 is 5.32 Å². The normalized spacial score (nSPS) is 10.4. The molecule has 0 heterocycles. The molecule has 0 aliphatic carbocycles. The highest BCUT2D eigenvalue weighted by Gasteiger charge is 2.06. The number of ether oxygens (including phenoxy) is 3. The van der Waals surface area contributed by atoms with Crippen molar-refractivity contribution in [2.24, 2.45) is 0 Å². The van der Waals surface area contributed by atoms with Crippen LogP contribution in [-0.4, -0.2) is 40.1 Å². The quantitative estimate of drug-likeness (QED) is 0.602. The minimum atomic E-state index is -0.344. The average molecular weight is 239 g/mol. The standard InChI is InChI=1S/C12H17NO4/c1-15-11(16-2)8-13-10-6-4-9(5-7-10)12(14)17-3/h4-7,11,13H,8H2,1-3H3. The Morgan fingerprint density at radius 2 is 1.76 bits per heavy atom. The lowest BCUT2D eigenvalue weighted by atomic mass is 10.2. The van der Waals surface area contributed by atoms with Crippen LogP contribution in [0, 0.1) is 0 Å². The summed E-state index contributed by atoms with van der Waals surface area (Å²) in [5.74, 6) is -0.344. The van der Waals surface area contributed by atoms with E-state index in [2.05, 4.69) is 10.1 Å². The molecular weight excluding hydrogens is 222 g/mol. The Kier molecular flexibility index (Phi) is 5.45. The van der Waals surface area contributed by atoms with Gasteiger partial charge in [0.25, 0.3) is 0 Å². The number of benzene rings is 1. The molecule has 1 aromatic rings. The first-order chi connectivity index (χ1) is 8.21. The van der Waals surface area contributed by atoms with Gasteiger partial charge in [-0.1, -0.05) is 0 Å². The fourth-order valence-corrected chi connectivity index (χ4v) is 1.31. The van der Waals surface area contributed by atoms with E-state index in [4.69, 9.17) is 9.47 Å². The van der Waals surface area contributed by atoms with Gasteiger partial charge in [0, 0.05) is 19.9 Å². The van der Waals surface area contributed by atoms with Gasteiger partial charge in [-0.25, -0.2) is 4.79 Å². The number of carbonyl (C=O) groups excluding carboxylic acids is 1. The van der Waals surface area contributed by atoms with Crippen LogP contribution in [0.2, 0.25) is 0 Å². The van der Waals surface area contributed by atoms with E-state index in [-0.39, 0.29) is 12.3 Å². The Morgan fingerprint density at radius 3 is 2.24 bits per heavy atom. The molecule has 0 atom stereocenters. The highest BCUT2D eigenvalue weighted by molar-refractivity contribution is 5.89. The van der Waals surface area contributed by atoms with Crippen LogP contribution in [-0.2, 0) is 14.2 Å². The van der Waals surface area contributed by atoms with Crippen LogP contribution in [0.5, 0.6) is 0 Å². The van der Waals surface area contributed by atoms with E-state index in [1.807, 2.05) is 0 Å². The van der Waals surface area contributed by atoms with E-state index in [0.717, 1.165) is 5.69 Å². The Bertz CT molecular complexity index is 346. The van der Waals surface area contributed by atoms with Crippen LogP contribution >= 0.6 is 0 Å². The first-order valence-corrected chi connectivity index (χ1v) is 5.19. The molecular formula is C12H17NO4. The maximum atomic E-state index is 11.2. The molecule has 0 saturated carbocycles. The third-order valence-electron chi connectivity index (χ3n) is 2.30. The van der Waals surface area contributed by atoms with E-state index >= 15 is 0 Å². The second-order valence-corrected chi connectivity index (χ2v) is 3.35. The molecule has 0 aromatic heterocycles. The third kappa shape index (κ3) is 4.05. The first-order valence-electron chi connectivity index (χ1n) is 5.19. The maximum absolute atomic E-state index is 11.2. The zero-order valence-corrected chi connectivity index (χ0v) is 10.2. The van der Waals surface area contributed by atoms with Gasteiger partial charge in [0.15, 0.2) is 6.29 Å². The minimum Gasteiger partial charge on any atom is -0.465 e. The second kappa shape index (κ2) is 6.88. The summed E-state index contributed by atoms with van der Waals surface area (Å²) in [6.45, 7) is 0.532. The number of carbonyl (C=O) groups is 1.